The van der Waals surface area contributed by atoms with E-state index in [1.165, 1.54) is 0 Å². The summed E-state index contributed by atoms with van der Waals surface area (Å²) in [5.74, 6) is -1.59. The van der Waals surface area contributed by atoms with E-state index < -0.39 is 39.1 Å². The van der Waals surface area contributed by atoms with E-state index in [9.17, 15) is 30.8 Å². The highest BCUT2D eigenvalue weighted by atomic mass is 32.2. The van der Waals surface area contributed by atoms with Gasteiger partial charge in [0.25, 0.3) is 5.91 Å². The van der Waals surface area contributed by atoms with E-state index in [0.29, 0.717) is 0 Å². The van der Waals surface area contributed by atoms with Crippen LogP contribution in [-0.2, 0) is 16.2 Å². The molecule has 6 nitrogen and oxygen atoms in total. The Morgan fingerprint density at radius 2 is 1.76 bits per heavy atom. The van der Waals surface area contributed by atoms with Crippen LogP contribution in [0.4, 0.5) is 17.6 Å². The molecule has 0 saturated heterocycles. The second-order valence-electron chi connectivity index (χ2n) is 5.77. The average Bonchev–Trinajstić information content (AvgIpc) is 2.65. The van der Waals surface area contributed by atoms with E-state index >= 15 is 0 Å². The predicted molar refractivity (Wildman–Crippen MR) is 96.5 cm³/mol. The van der Waals surface area contributed by atoms with Crippen molar-refractivity contribution in [3.8, 4) is 5.75 Å². The lowest BCUT2D eigenvalue weighted by atomic mass is 10.2. The molecule has 0 aliphatic heterocycles. The molecule has 1 amide bonds. The van der Waals surface area contributed by atoms with E-state index in [-0.39, 0.29) is 30.3 Å². The smallest absolute Gasteiger partial charge is 0.416 e. The molecule has 2 aromatic carbocycles. The number of nitrogens with one attached hydrogen (secondary N) is 2. The van der Waals surface area contributed by atoms with Gasteiger partial charge in [0.1, 0.15) is 18.2 Å². The van der Waals surface area contributed by atoms with Crippen molar-refractivity contribution >= 4 is 15.9 Å². The number of alkyl halides is 3. The van der Waals surface area contributed by atoms with Crippen molar-refractivity contribution < 1.29 is 35.5 Å². The number of halogens is 4. The van der Waals surface area contributed by atoms with Crippen LogP contribution in [0.2, 0.25) is 0 Å². The van der Waals surface area contributed by atoms with Crippen LogP contribution in [0, 0.1) is 5.82 Å². The number of amides is 1. The highest BCUT2D eigenvalue weighted by Crippen LogP contribution is 2.30. The molecule has 0 aliphatic rings. The zero-order valence-electron chi connectivity index (χ0n) is 15.2. The fourth-order valence-electron chi connectivity index (χ4n) is 2.29. The maximum absolute atomic E-state index is 13.9. The van der Waals surface area contributed by atoms with E-state index in [2.05, 4.69) is 10.0 Å². The van der Waals surface area contributed by atoms with Crippen molar-refractivity contribution in [2.24, 2.45) is 0 Å². The Morgan fingerprint density at radius 3 is 2.34 bits per heavy atom. The molecule has 0 saturated carbocycles. The fourth-order valence-corrected chi connectivity index (χ4v) is 3.35. The minimum atomic E-state index is -4.45. The van der Waals surface area contributed by atoms with Gasteiger partial charge in [-0.1, -0.05) is 6.92 Å². The van der Waals surface area contributed by atoms with Gasteiger partial charge in [-0.2, -0.15) is 13.2 Å². The first kappa shape index (κ1) is 22.6. The summed E-state index contributed by atoms with van der Waals surface area (Å²) >= 11 is 0. The molecule has 158 valence electrons. The fraction of sp³-hybridized carbons (Fsp3) is 0.278. The van der Waals surface area contributed by atoms with Gasteiger partial charge in [-0.3, -0.25) is 4.79 Å². The SMILES string of the molecule is CCNS(=O)(=O)c1ccc(F)c(C(=O)NCCOc2ccc(C(F)(F)F)cc2)c1. The third-order valence-electron chi connectivity index (χ3n) is 3.67. The average molecular weight is 434 g/mol. The van der Waals surface area contributed by atoms with E-state index in [1.807, 2.05) is 0 Å². The normalized spacial score (nSPS) is 11.9. The number of ether oxygens (including phenoxy) is 1. The van der Waals surface area contributed by atoms with Crippen LogP contribution in [0.25, 0.3) is 0 Å². The van der Waals surface area contributed by atoms with Gasteiger partial charge in [0.15, 0.2) is 0 Å². The summed E-state index contributed by atoms with van der Waals surface area (Å²) in [5, 5.41) is 2.36. The number of hydrogen-bond acceptors (Lipinski definition) is 4. The molecular formula is C18H18F4N2O4S. The molecule has 0 bridgehead atoms. The number of rotatable bonds is 8. The maximum Gasteiger partial charge on any atom is 0.416 e. The van der Waals surface area contributed by atoms with E-state index in [0.717, 1.165) is 42.5 Å². The lowest BCUT2D eigenvalue weighted by Crippen LogP contribution is -2.29. The second-order valence-corrected chi connectivity index (χ2v) is 7.54. The summed E-state index contributed by atoms with van der Waals surface area (Å²) < 4.78 is 82.8. The van der Waals surface area contributed by atoms with Crippen molar-refractivity contribution in [2.45, 2.75) is 18.0 Å². The minimum absolute atomic E-state index is 0.0799. The summed E-state index contributed by atoms with van der Waals surface area (Å²) in [6.07, 6.45) is -4.45. The summed E-state index contributed by atoms with van der Waals surface area (Å²) in [6, 6.07) is 6.83. The molecule has 11 heteroatoms. The Balaban J connectivity index is 1.94. The number of carbonyl (C=O) groups is 1. The molecule has 0 aliphatic carbocycles. The first-order valence-corrected chi connectivity index (χ1v) is 9.90. The Hall–Kier alpha value is -2.66. The monoisotopic (exact) mass is 434 g/mol. The van der Waals surface area contributed by atoms with Crippen LogP contribution in [0.3, 0.4) is 0 Å². The van der Waals surface area contributed by atoms with Gasteiger partial charge in [0.05, 0.1) is 22.6 Å². The van der Waals surface area contributed by atoms with Crippen molar-refractivity contribution in [3.05, 3.63) is 59.4 Å². The topological polar surface area (TPSA) is 84.5 Å². The van der Waals surface area contributed by atoms with Gasteiger partial charge >= 0.3 is 6.18 Å². The van der Waals surface area contributed by atoms with Crippen molar-refractivity contribution in [2.75, 3.05) is 19.7 Å². The quantitative estimate of drug-likeness (QED) is 0.494. The van der Waals surface area contributed by atoms with Gasteiger partial charge < -0.3 is 10.1 Å². The Bertz CT molecular complexity index is 961. The number of carbonyl (C=O) groups excluding carboxylic acids is 1. The third-order valence-corrected chi connectivity index (χ3v) is 5.21. The Labute approximate surface area is 164 Å². The highest BCUT2D eigenvalue weighted by Gasteiger charge is 2.30. The standard InChI is InChI=1S/C18H18F4N2O4S/c1-2-24-29(26,27)14-7-8-16(19)15(11-14)17(25)23-9-10-28-13-5-3-12(4-6-13)18(20,21)22/h3-8,11,24H,2,9-10H2,1H3,(H,23,25). The second kappa shape index (κ2) is 9.23. The maximum atomic E-state index is 13.9. The molecule has 0 aromatic heterocycles. The van der Waals surface area contributed by atoms with E-state index in [4.69, 9.17) is 4.74 Å². The van der Waals surface area contributed by atoms with Gasteiger partial charge in [0.2, 0.25) is 10.0 Å². The van der Waals surface area contributed by atoms with Crippen LogP contribution >= 0.6 is 0 Å². The largest absolute Gasteiger partial charge is 0.492 e. The molecule has 0 radical (unpaired) electrons. The molecule has 0 spiro atoms. The van der Waals surface area contributed by atoms with Crippen LogP contribution in [-0.4, -0.2) is 34.0 Å². The third kappa shape index (κ3) is 6.16. The first-order chi connectivity index (χ1) is 13.5. The van der Waals surface area contributed by atoms with Crippen LogP contribution in [0.15, 0.2) is 47.4 Å². The number of hydrogen-bond donors (Lipinski definition) is 2. The molecule has 2 N–H and O–H groups in total. The molecule has 2 rings (SSSR count). The molecule has 0 atom stereocenters. The summed E-state index contributed by atoms with van der Waals surface area (Å²) in [7, 11) is -3.86. The zero-order chi connectivity index (χ0) is 21.7. The number of benzene rings is 2. The van der Waals surface area contributed by atoms with Crippen LogP contribution in [0.1, 0.15) is 22.8 Å². The molecular weight excluding hydrogens is 416 g/mol. The van der Waals surface area contributed by atoms with Gasteiger partial charge in [0, 0.05) is 6.54 Å². The lowest BCUT2D eigenvalue weighted by Gasteiger charge is -2.11. The predicted octanol–water partition coefficient (Wildman–Crippen LogP) is 2.95. The minimum Gasteiger partial charge on any atom is -0.492 e. The van der Waals surface area contributed by atoms with Crippen LogP contribution in [0.5, 0.6) is 5.75 Å². The molecule has 0 fully saturated rings. The molecule has 29 heavy (non-hydrogen) atoms. The van der Waals surface area contributed by atoms with Gasteiger partial charge in [-0.15, -0.1) is 0 Å². The van der Waals surface area contributed by atoms with Crippen molar-refractivity contribution in [1.29, 1.82) is 0 Å². The number of sulfonamides is 1. The molecule has 2 aromatic rings. The Kier molecular flexibility index (Phi) is 7.20. The lowest BCUT2D eigenvalue weighted by molar-refractivity contribution is -0.137. The highest BCUT2D eigenvalue weighted by molar-refractivity contribution is 7.89. The molecule has 0 unspecified atom stereocenters. The van der Waals surface area contributed by atoms with Crippen LogP contribution < -0.4 is 14.8 Å². The summed E-state index contributed by atoms with van der Waals surface area (Å²) in [6.45, 7) is 1.53. The Morgan fingerprint density at radius 1 is 1.10 bits per heavy atom. The van der Waals surface area contributed by atoms with Gasteiger partial charge in [-0.25, -0.2) is 17.5 Å². The summed E-state index contributed by atoms with van der Waals surface area (Å²) in [5.41, 5.74) is -1.28. The van der Waals surface area contributed by atoms with Gasteiger partial charge in [-0.05, 0) is 42.5 Å². The van der Waals surface area contributed by atoms with Crippen molar-refractivity contribution in [1.82, 2.24) is 10.0 Å². The first-order valence-electron chi connectivity index (χ1n) is 8.42. The van der Waals surface area contributed by atoms with Crippen molar-refractivity contribution in [3.63, 3.8) is 0 Å². The van der Waals surface area contributed by atoms with E-state index in [1.54, 1.807) is 6.92 Å². The summed E-state index contributed by atoms with van der Waals surface area (Å²) in [4.78, 5) is 11.9. The zero-order valence-corrected chi connectivity index (χ0v) is 16.0. The molecule has 0 heterocycles.